The zero-order chi connectivity index (χ0) is 21.6. The summed E-state index contributed by atoms with van der Waals surface area (Å²) in [6.45, 7) is 4.72. The number of hydrogen-bond donors (Lipinski definition) is 0. The average molecular weight is 520 g/mol. The van der Waals surface area contributed by atoms with E-state index in [2.05, 4.69) is 9.80 Å². The van der Waals surface area contributed by atoms with E-state index in [1.807, 2.05) is 18.2 Å². The Morgan fingerprint density at radius 1 is 1.00 bits per heavy atom. The van der Waals surface area contributed by atoms with Crippen LogP contribution >= 0.6 is 36.6 Å². The Bertz CT molecular complexity index is 1010. The lowest BCUT2D eigenvalue weighted by Gasteiger charge is -2.38. The molecule has 2 aromatic carbocycles. The third kappa shape index (κ3) is 5.30. The lowest BCUT2D eigenvalue weighted by atomic mass is 10.1. The van der Waals surface area contributed by atoms with Crippen molar-refractivity contribution in [2.24, 2.45) is 0 Å². The summed E-state index contributed by atoms with van der Waals surface area (Å²) in [7, 11) is 0. The Labute approximate surface area is 208 Å². The summed E-state index contributed by atoms with van der Waals surface area (Å²) in [6, 6.07) is 11.6. The van der Waals surface area contributed by atoms with Crippen molar-refractivity contribution >= 4 is 53.9 Å². The van der Waals surface area contributed by atoms with E-state index in [9.17, 15) is 18.0 Å². The smallest absolute Gasteiger partial charge is 0.300 e. The third-order valence-electron chi connectivity index (χ3n) is 6.42. The SMILES string of the molecule is Cl.Cl.O=C(CCN1CCN2CCC[C@@H]2C1)N1c2ccccc2Sc2ccc(C(F)(F)F)cc21. The Hall–Kier alpha value is -1.45. The Balaban J connectivity index is 0.00000153. The summed E-state index contributed by atoms with van der Waals surface area (Å²) in [6.07, 6.45) is -1.74. The predicted octanol–water partition coefficient (Wildman–Crippen LogP) is 5.85. The maximum Gasteiger partial charge on any atom is 0.416 e. The van der Waals surface area contributed by atoms with Crippen LogP contribution in [0.2, 0.25) is 0 Å². The zero-order valence-corrected chi connectivity index (χ0v) is 20.3. The first-order valence-corrected chi connectivity index (χ1v) is 11.5. The summed E-state index contributed by atoms with van der Waals surface area (Å²) < 4.78 is 40.1. The van der Waals surface area contributed by atoms with E-state index in [1.54, 1.807) is 6.07 Å². The molecule has 0 spiro atoms. The molecule has 4 nitrogen and oxygen atoms in total. The van der Waals surface area contributed by atoms with Gasteiger partial charge in [-0.05, 0) is 49.7 Å². The fraction of sp³-hybridized carbons (Fsp3) is 0.435. The van der Waals surface area contributed by atoms with Gasteiger partial charge in [-0.25, -0.2) is 0 Å². The van der Waals surface area contributed by atoms with E-state index in [1.165, 1.54) is 35.6 Å². The minimum Gasteiger partial charge on any atom is -0.300 e. The number of fused-ring (bicyclic) bond motifs is 3. The molecule has 0 saturated carbocycles. The van der Waals surface area contributed by atoms with Crippen molar-refractivity contribution in [3.63, 3.8) is 0 Å². The van der Waals surface area contributed by atoms with E-state index < -0.39 is 11.7 Å². The molecule has 10 heteroatoms. The molecular formula is C23H26Cl2F3N3OS. The van der Waals surface area contributed by atoms with Crippen LogP contribution in [0, 0.1) is 0 Å². The molecule has 1 atom stereocenters. The first-order valence-electron chi connectivity index (χ1n) is 10.7. The van der Waals surface area contributed by atoms with Crippen LogP contribution in [0.15, 0.2) is 52.3 Å². The minimum atomic E-state index is -4.45. The van der Waals surface area contributed by atoms with Crippen LogP contribution in [0.25, 0.3) is 0 Å². The van der Waals surface area contributed by atoms with Gasteiger partial charge in [-0.2, -0.15) is 13.2 Å². The fourth-order valence-electron chi connectivity index (χ4n) is 4.82. The summed E-state index contributed by atoms with van der Waals surface area (Å²) in [4.78, 5) is 21.2. The van der Waals surface area contributed by atoms with Gasteiger partial charge in [-0.3, -0.25) is 19.5 Å². The van der Waals surface area contributed by atoms with Gasteiger partial charge in [0.15, 0.2) is 0 Å². The molecule has 180 valence electrons. The van der Waals surface area contributed by atoms with Crippen LogP contribution in [-0.4, -0.2) is 54.5 Å². The highest BCUT2D eigenvalue weighted by atomic mass is 35.5. The van der Waals surface area contributed by atoms with Crippen LogP contribution in [0.5, 0.6) is 0 Å². The number of para-hydroxylation sites is 1. The molecule has 0 bridgehead atoms. The molecule has 0 N–H and O–H groups in total. The van der Waals surface area contributed by atoms with E-state index in [-0.39, 0.29) is 37.1 Å². The Kier molecular flexibility index (Phi) is 8.28. The third-order valence-corrected chi connectivity index (χ3v) is 7.55. The number of amides is 1. The number of nitrogens with zero attached hydrogens (tertiary/aromatic N) is 3. The van der Waals surface area contributed by atoms with Gasteiger partial charge >= 0.3 is 6.18 Å². The maximum atomic E-state index is 13.4. The lowest BCUT2D eigenvalue weighted by Crippen LogP contribution is -2.50. The van der Waals surface area contributed by atoms with E-state index in [0.717, 1.165) is 43.2 Å². The highest BCUT2D eigenvalue weighted by molar-refractivity contribution is 7.99. The van der Waals surface area contributed by atoms with Crippen molar-refractivity contribution < 1.29 is 18.0 Å². The van der Waals surface area contributed by atoms with Crippen LogP contribution < -0.4 is 4.90 Å². The van der Waals surface area contributed by atoms with Crippen LogP contribution in [-0.2, 0) is 11.0 Å². The first kappa shape index (κ1) is 26.2. The number of anilines is 2. The molecule has 0 radical (unpaired) electrons. The summed E-state index contributed by atoms with van der Waals surface area (Å²) in [5.41, 5.74) is 0.246. The number of halogens is 5. The van der Waals surface area contributed by atoms with Crippen molar-refractivity contribution in [3.8, 4) is 0 Å². The summed E-state index contributed by atoms with van der Waals surface area (Å²) in [5, 5.41) is 0. The molecule has 2 fully saturated rings. The molecule has 3 aliphatic heterocycles. The van der Waals surface area contributed by atoms with Gasteiger partial charge in [0.1, 0.15) is 0 Å². The molecule has 0 aliphatic carbocycles. The summed E-state index contributed by atoms with van der Waals surface area (Å²) >= 11 is 1.40. The van der Waals surface area contributed by atoms with Crippen LogP contribution in [0.4, 0.5) is 24.5 Å². The minimum absolute atomic E-state index is 0. The van der Waals surface area contributed by atoms with E-state index in [0.29, 0.717) is 28.9 Å². The average Bonchev–Trinajstić information content (AvgIpc) is 3.22. The molecule has 3 aliphatic rings. The Morgan fingerprint density at radius 3 is 2.55 bits per heavy atom. The van der Waals surface area contributed by atoms with Gasteiger partial charge in [0.05, 0.1) is 16.9 Å². The van der Waals surface area contributed by atoms with Crippen LogP contribution in [0.3, 0.4) is 0 Å². The molecular weight excluding hydrogens is 494 g/mol. The molecule has 5 rings (SSSR count). The largest absolute Gasteiger partial charge is 0.416 e. The second-order valence-electron chi connectivity index (χ2n) is 8.36. The molecule has 33 heavy (non-hydrogen) atoms. The van der Waals surface area contributed by atoms with Crippen molar-refractivity contribution in [1.29, 1.82) is 0 Å². The number of benzene rings is 2. The lowest BCUT2D eigenvalue weighted by molar-refractivity contribution is -0.137. The van der Waals surface area contributed by atoms with Crippen molar-refractivity contribution in [1.82, 2.24) is 9.80 Å². The monoisotopic (exact) mass is 519 g/mol. The van der Waals surface area contributed by atoms with Crippen molar-refractivity contribution in [3.05, 3.63) is 48.0 Å². The molecule has 3 heterocycles. The second kappa shape index (κ2) is 10.4. The molecule has 1 amide bonds. The van der Waals surface area contributed by atoms with Gasteiger partial charge in [0, 0.05) is 48.4 Å². The fourth-order valence-corrected chi connectivity index (χ4v) is 5.86. The van der Waals surface area contributed by atoms with Crippen molar-refractivity contribution in [2.45, 2.75) is 41.3 Å². The number of piperazine rings is 1. The molecule has 2 aromatic rings. The molecule has 2 saturated heterocycles. The van der Waals surface area contributed by atoms with E-state index >= 15 is 0 Å². The second-order valence-corrected chi connectivity index (χ2v) is 9.45. The molecule has 0 aromatic heterocycles. The maximum absolute atomic E-state index is 13.4. The number of hydrogen-bond acceptors (Lipinski definition) is 4. The number of alkyl halides is 3. The van der Waals surface area contributed by atoms with Gasteiger partial charge in [-0.15, -0.1) is 24.8 Å². The Morgan fingerprint density at radius 2 is 1.76 bits per heavy atom. The van der Waals surface area contributed by atoms with Gasteiger partial charge in [0.2, 0.25) is 5.91 Å². The highest BCUT2D eigenvalue weighted by Gasteiger charge is 2.35. The highest BCUT2D eigenvalue weighted by Crippen LogP contribution is 2.49. The summed E-state index contributed by atoms with van der Waals surface area (Å²) in [5.74, 6) is -0.165. The quantitative estimate of drug-likeness (QED) is 0.508. The zero-order valence-electron chi connectivity index (χ0n) is 17.9. The molecule has 0 unspecified atom stereocenters. The van der Waals surface area contributed by atoms with E-state index in [4.69, 9.17) is 0 Å². The standard InChI is InChI=1S/C23H24F3N3OS.2ClH/c24-23(25,26)16-7-8-21-19(14-16)29(18-5-1-2-6-20(18)31-21)22(30)9-11-27-12-13-28-10-3-4-17(28)15-27;;/h1-2,5-8,14,17H,3-4,9-13,15H2;2*1H/t17-;;/m1../s1. The van der Waals surface area contributed by atoms with Gasteiger partial charge < -0.3 is 0 Å². The normalized spacial score (nSPS) is 20.2. The topological polar surface area (TPSA) is 26.8 Å². The van der Waals surface area contributed by atoms with Crippen LogP contribution in [0.1, 0.15) is 24.8 Å². The first-order chi connectivity index (χ1) is 14.9. The number of carbonyl (C=O) groups is 1. The van der Waals surface area contributed by atoms with Gasteiger partial charge in [0.25, 0.3) is 0 Å². The van der Waals surface area contributed by atoms with Crippen molar-refractivity contribution in [2.75, 3.05) is 37.6 Å². The number of carbonyl (C=O) groups excluding carboxylic acids is 1. The number of rotatable bonds is 3. The predicted molar refractivity (Wildman–Crippen MR) is 129 cm³/mol. The van der Waals surface area contributed by atoms with Gasteiger partial charge in [-0.1, -0.05) is 23.9 Å².